The van der Waals surface area contributed by atoms with Crippen molar-refractivity contribution in [2.45, 2.75) is 51.0 Å². The van der Waals surface area contributed by atoms with E-state index in [2.05, 4.69) is 14.9 Å². The van der Waals surface area contributed by atoms with Gasteiger partial charge in [-0.25, -0.2) is 0 Å². The van der Waals surface area contributed by atoms with E-state index in [9.17, 15) is 9.90 Å². The molecule has 0 saturated carbocycles. The molecular formula is C18H28N4O2. The number of rotatable bonds is 3. The molecule has 24 heavy (non-hydrogen) atoms. The quantitative estimate of drug-likeness (QED) is 0.904. The maximum Gasteiger partial charge on any atom is 0.219 e. The van der Waals surface area contributed by atoms with Gasteiger partial charge in [-0.2, -0.15) is 0 Å². The van der Waals surface area contributed by atoms with Crippen LogP contribution < -0.4 is 0 Å². The molecule has 0 aromatic carbocycles. The largest absolute Gasteiger partial charge is 0.388 e. The van der Waals surface area contributed by atoms with Crippen molar-refractivity contribution >= 4 is 5.91 Å². The fourth-order valence-corrected chi connectivity index (χ4v) is 3.93. The molecule has 2 saturated heterocycles. The van der Waals surface area contributed by atoms with Crippen molar-refractivity contribution in [3.05, 3.63) is 23.8 Å². The van der Waals surface area contributed by atoms with Crippen molar-refractivity contribution in [1.29, 1.82) is 0 Å². The van der Waals surface area contributed by atoms with E-state index in [1.54, 1.807) is 13.1 Å². The average molecular weight is 332 g/mol. The first-order valence-electron chi connectivity index (χ1n) is 8.94. The lowest BCUT2D eigenvalue weighted by Gasteiger charge is -2.42. The van der Waals surface area contributed by atoms with Gasteiger partial charge < -0.3 is 10.0 Å². The van der Waals surface area contributed by atoms with Gasteiger partial charge in [0.05, 0.1) is 17.0 Å². The van der Waals surface area contributed by atoms with Gasteiger partial charge in [0.2, 0.25) is 5.91 Å². The van der Waals surface area contributed by atoms with E-state index in [1.165, 1.54) is 0 Å². The van der Waals surface area contributed by atoms with Crippen LogP contribution in [0.5, 0.6) is 0 Å². The standard InChI is InChI=1S/C18H28N4O2/c1-14-10-19-11-17(20-14)16-4-3-7-21(12-16)13-18(24)5-8-22(9-6-18)15(2)23/h10-11,16,24H,3-9,12-13H2,1-2H3/t16-/m1/s1. The first-order valence-corrected chi connectivity index (χ1v) is 8.94. The Kier molecular flexibility index (Phi) is 5.15. The Hall–Kier alpha value is -1.53. The van der Waals surface area contributed by atoms with E-state index in [-0.39, 0.29) is 5.91 Å². The van der Waals surface area contributed by atoms with Crippen LogP contribution in [-0.4, -0.2) is 69.1 Å². The Morgan fingerprint density at radius 1 is 1.33 bits per heavy atom. The summed E-state index contributed by atoms with van der Waals surface area (Å²) in [6, 6.07) is 0. The highest BCUT2D eigenvalue weighted by atomic mass is 16.3. The Balaban J connectivity index is 1.58. The molecule has 0 unspecified atom stereocenters. The minimum atomic E-state index is -0.674. The fourth-order valence-electron chi connectivity index (χ4n) is 3.93. The molecule has 1 aromatic heterocycles. The van der Waals surface area contributed by atoms with Gasteiger partial charge >= 0.3 is 0 Å². The molecule has 0 bridgehead atoms. The molecule has 1 atom stereocenters. The van der Waals surface area contributed by atoms with E-state index in [0.29, 0.717) is 38.4 Å². The van der Waals surface area contributed by atoms with Crippen molar-refractivity contribution in [3.63, 3.8) is 0 Å². The van der Waals surface area contributed by atoms with Crippen LogP contribution in [0, 0.1) is 6.92 Å². The monoisotopic (exact) mass is 332 g/mol. The van der Waals surface area contributed by atoms with Crippen molar-refractivity contribution in [3.8, 4) is 0 Å². The summed E-state index contributed by atoms with van der Waals surface area (Å²) in [5, 5.41) is 10.9. The minimum absolute atomic E-state index is 0.105. The fraction of sp³-hybridized carbons (Fsp3) is 0.722. The summed E-state index contributed by atoms with van der Waals surface area (Å²) in [4.78, 5) is 24.5. The van der Waals surface area contributed by atoms with E-state index < -0.39 is 5.60 Å². The van der Waals surface area contributed by atoms with Crippen LogP contribution in [0.4, 0.5) is 0 Å². The number of aryl methyl sites for hydroxylation is 1. The normalized spacial score (nSPS) is 24.8. The molecule has 132 valence electrons. The second-order valence-corrected chi connectivity index (χ2v) is 7.39. The lowest BCUT2D eigenvalue weighted by atomic mass is 9.88. The van der Waals surface area contributed by atoms with Crippen LogP contribution in [0.2, 0.25) is 0 Å². The summed E-state index contributed by atoms with van der Waals surface area (Å²) in [7, 11) is 0. The number of carbonyl (C=O) groups is 1. The van der Waals surface area contributed by atoms with Gasteiger partial charge in [-0.15, -0.1) is 0 Å². The zero-order valence-corrected chi connectivity index (χ0v) is 14.7. The molecular weight excluding hydrogens is 304 g/mol. The van der Waals surface area contributed by atoms with Gasteiger partial charge in [0.1, 0.15) is 0 Å². The first-order chi connectivity index (χ1) is 11.5. The Bertz CT molecular complexity index is 584. The number of β-amino-alcohol motifs (C(OH)–C–C–N with tert-alkyl or cyclic N) is 1. The van der Waals surface area contributed by atoms with Crippen LogP contribution in [0.15, 0.2) is 12.4 Å². The minimum Gasteiger partial charge on any atom is -0.388 e. The molecule has 3 heterocycles. The second kappa shape index (κ2) is 7.15. The van der Waals surface area contributed by atoms with Crippen LogP contribution in [-0.2, 0) is 4.79 Å². The van der Waals surface area contributed by atoms with Crippen LogP contribution in [0.1, 0.15) is 49.9 Å². The zero-order chi connectivity index (χ0) is 17.2. The van der Waals surface area contributed by atoms with E-state index in [4.69, 9.17) is 0 Å². The molecule has 6 nitrogen and oxygen atoms in total. The number of hydrogen-bond donors (Lipinski definition) is 1. The van der Waals surface area contributed by atoms with Gasteiger partial charge in [-0.3, -0.25) is 19.7 Å². The average Bonchev–Trinajstić information content (AvgIpc) is 2.55. The number of hydrogen-bond acceptors (Lipinski definition) is 5. The number of aromatic nitrogens is 2. The Labute approximate surface area is 143 Å². The highest BCUT2D eigenvalue weighted by molar-refractivity contribution is 5.73. The molecule has 1 N–H and O–H groups in total. The van der Waals surface area contributed by atoms with E-state index in [0.717, 1.165) is 37.3 Å². The predicted octanol–water partition coefficient (Wildman–Crippen LogP) is 1.34. The number of likely N-dealkylation sites (tertiary alicyclic amines) is 2. The van der Waals surface area contributed by atoms with Gasteiger partial charge in [-0.05, 0) is 39.2 Å². The zero-order valence-electron chi connectivity index (χ0n) is 14.7. The molecule has 2 aliphatic heterocycles. The summed E-state index contributed by atoms with van der Waals surface area (Å²) >= 11 is 0. The third-order valence-corrected chi connectivity index (χ3v) is 5.35. The third kappa shape index (κ3) is 4.11. The van der Waals surface area contributed by atoms with Crippen LogP contribution in [0.25, 0.3) is 0 Å². The topological polar surface area (TPSA) is 69.6 Å². The summed E-state index contributed by atoms with van der Waals surface area (Å²) in [6.45, 7) is 7.53. The summed E-state index contributed by atoms with van der Waals surface area (Å²) < 4.78 is 0. The summed E-state index contributed by atoms with van der Waals surface area (Å²) in [6.07, 6.45) is 7.24. The third-order valence-electron chi connectivity index (χ3n) is 5.35. The molecule has 0 radical (unpaired) electrons. The van der Waals surface area contributed by atoms with Gasteiger partial charge in [0, 0.05) is 51.4 Å². The summed E-state index contributed by atoms with van der Waals surface area (Å²) in [5.74, 6) is 0.500. The Morgan fingerprint density at radius 3 is 2.75 bits per heavy atom. The number of piperidine rings is 2. The van der Waals surface area contributed by atoms with Crippen molar-refractivity contribution in [2.24, 2.45) is 0 Å². The molecule has 1 aromatic rings. The smallest absolute Gasteiger partial charge is 0.219 e. The highest BCUT2D eigenvalue weighted by Crippen LogP contribution is 2.29. The molecule has 2 aliphatic rings. The molecule has 6 heteroatoms. The highest BCUT2D eigenvalue weighted by Gasteiger charge is 2.36. The van der Waals surface area contributed by atoms with Crippen molar-refractivity contribution in [1.82, 2.24) is 19.8 Å². The molecule has 0 aliphatic carbocycles. The van der Waals surface area contributed by atoms with Crippen molar-refractivity contribution < 1.29 is 9.90 Å². The maximum atomic E-state index is 11.4. The number of aliphatic hydroxyl groups is 1. The SMILES string of the molecule is CC(=O)N1CCC(O)(CN2CCC[C@@H](c3cncc(C)n3)C2)CC1. The van der Waals surface area contributed by atoms with E-state index >= 15 is 0 Å². The number of carbonyl (C=O) groups excluding carboxylic acids is 1. The van der Waals surface area contributed by atoms with Gasteiger partial charge in [0.15, 0.2) is 0 Å². The molecule has 3 rings (SSSR count). The predicted molar refractivity (Wildman–Crippen MR) is 91.6 cm³/mol. The van der Waals surface area contributed by atoms with Gasteiger partial charge in [-0.1, -0.05) is 0 Å². The first kappa shape index (κ1) is 17.3. The molecule has 2 fully saturated rings. The maximum absolute atomic E-state index is 11.4. The van der Waals surface area contributed by atoms with Crippen LogP contribution >= 0.6 is 0 Å². The lowest BCUT2D eigenvalue weighted by Crippen LogP contribution is -2.53. The van der Waals surface area contributed by atoms with Gasteiger partial charge in [0.25, 0.3) is 0 Å². The van der Waals surface area contributed by atoms with Crippen molar-refractivity contribution in [2.75, 3.05) is 32.7 Å². The lowest BCUT2D eigenvalue weighted by molar-refractivity contribution is -0.133. The van der Waals surface area contributed by atoms with E-state index in [1.807, 2.05) is 18.0 Å². The number of amides is 1. The molecule has 1 amide bonds. The van der Waals surface area contributed by atoms with Crippen LogP contribution in [0.3, 0.4) is 0 Å². The Morgan fingerprint density at radius 2 is 2.08 bits per heavy atom. The second-order valence-electron chi connectivity index (χ2n) is 7.39. The molecule has 0 spiro atoms. The summed E-state index contributed by atoms with van der Waals surface area (Å²) in [5.41, 5.74) is 1.35. The number of nitrogens with zero attached hydrogens (tertiary/aromatic N) is 4.